The first-order chi connectivity index (χ1) is 2.77. The fraction of sp³-hybridized carbons (Fsp3) is 0.200. The Morgan fingerprint density at radius 1 is 2.00 bits per heavy atom. The highest BCUT2D eigenvalue weighted by Gasteiger charge is 1.66. The minimum absolute atomic E-state index is 0.803. The molecule has 31 valence electrons. The average molecular weight is 80.1 g/mol. The van der Waals surface area contributed by atoms with Crippen LogP contribution in [0.15, 0.2) is 11.6 Å². The molecular formula is C5H6N. The third-order valence-corrected chi connectivity index (χ3v) is 0.311. The summed E-state index contributed by atoms with van der Waals surface area (Å²) in [6.07, 6.45) is 1.40. The fourth-order valence-corrected chi connectivity index (χ4v) is 0.110. The van der Waals surface area contributed by atoms with E-state index in [9.17, 15) is 0 Å². The van der Waals surface area contributed by atoms with E-state index >= 15 is 0 Å². The lowest BCUT2D eigenvalue weighted by Gasteiger charge is -1.71. The molecule has 0 saturated carbocycles. The number of allylic oxidation sites excluding steroid dienone is 2. The zero-order chi connectivity index (χ0) is 4.99. The predicted octanol–water partition coefficient (Wildman–Crippen LogP) is 1.29. The Labute approximate surface area is 37.9 Å². The van der Waals surface area contributed by atoms with E-state index in [0.717, 1.165) is 5.57 Å². The van der Waals surface area contributed by atoms with Crippen molar-refractivity contribution in [2.45, 2.75) is 6.92 Å². The van der Waals surface area contributed by atoms with Gasteiger partial charge in [0.1, 0.15) is 0 Å². The topological polar surface area (TPSA) is 23.8 Å². The molecule has 0 aromatic rings. The van der Waals surface area contributed by atoms with Crippen molar-refractivity contribution in [1.29, 1.82) is 5.26 Å². The monoisotopic (exact) mass is 80.1 g/mol. The summed E-state index contributed by atoms with van der Waals surface area (Å²) in [5.74, 6) is 0. The normalized spacial score (nSPS) is 10.5. The van der Waals surface area contributed by atoms with E-state index in [1.165, 1.54) is 6.08 Å². The maximum absolute atomic E-state index is 7.87. The second-order valence-corrected chi connectivity index (χ2v) is 1.12. The first-order valence-corrected chi connectivity index (χ1v) is 1.65. The van der Waals surface area contributed by atoms with Crippen molar-refractivity contribution in [2.75, 3.05) is 0 Å². The van der Waals surface area contributed by atoms with Gasteiger partial charge in [0.25, 0.3) is 0 Å². The van der Waals surface area contributed by atoms with Crippen LogP contribution in [0.5, 0.6) is 0 Å². The molecule has 1 radical (unpaired) electrons. The van der Waals surface area contributed by atoms with Crippen LogP contribution < -0.4 is 0 Å². The summed E-state index contributed by atoms with van der Waals surface area (Å²) in [5, 5.41) is 7.87. The van der Waals surface area contributed by atoms with E-state index in [2.05, 4.69) is 6.92 Å². The molecule has 6 heavy (non-hydrogen) atoms. The third-order valence-electron chi connectivity index (χ3n) is 0.311. The lowest BCUT2D eigenvalue weighted by atomic mass is 10.3. The molecule has 0 aromatic carbocycles. The Hall–Kier alpha value is -0.770. The Balaban J connectivity index is 3.51. The Morgan fingerprint density at radius 3 is 2.50 bits per heavy atom. The summed E-state index contributed by atoms with van der Waals surface area (Å²) in [4.78, 5) is 0. The summed E-state index contributed by atoms with van der Waals surface area (Å²) in [6, 6.07) is 1.84. The first-order valence-electron chi connectivity index (χ1n) is 1.65. The lowest BCUT2D eigenvalue weighted by molar-refractivity contribution is 1.49. The summed E-state index contributed by atoms with van der Waals surface area (Å²) in [5.41, 5.74) is 0.803. The van der Waals surface area contributed by atoms with E-state index < -0.39 is 0 Å². The van der Waals surface area contributed by atoms with Crippen LogP contribution in [0.4, 0.5) is 0 Å². The maximum atomic E-state index is 7.87. The number of rotatable bonds is 0. The van der Waals surface area contributed by atoms with Crippen molar-refractivity contribution >= 4 is 0 Å². The Morgan fingerprint density at radius 2 is 2.50 bits per heavy atom. The largest absolute Gasteiger partial charge is 0.193 e. The predicted molar refractivity (Wildman–Crippen MR) is 24.7 cm³/mol. The van der Waals surface area contributed by atoms with Gasteiger partial charge in [0.15, 0.2) is 0 Å². The van der Waals surface area contributed by atoms with Gasteiger partial charge in [-0.05, 0) is 13.8 Å². The second-order valence-electron chi connectivity index (χ2n) is 1.12. The molecule has 0 saturated heterocycles. The Kier molecular flexibility index (Phi) is 2.15. The van der Waals surface area contributed by atoms with Crippen molar-refractivity contribution in [3.05, 3.63) is 18.6 Å². The number of nitrogens with zero attached hydrogens (tertiary/aromatic N) is 1. The summed E-state index contributed by atoms with van der Waals surface area (Å²) < 4.78 is 0. The molecule has 1 heteroatoms. The van der Waals surface area contributed by atoms with E-state index in [0.29, 0.717) is 0 Å². The van der Waals surface area contributed by atoms with Gasteiger partial charge < -0.3 is 0 Å². The van der Waals surface area contributed by atoms with Crippen LogP contribution >= 0.6 is 0 Å². The van der Waals surface area contributed by atoms with E-state index in [1.807, 2.05) is 6.07 Å². The van der Waals surface area contributed by atoms with E-state index in [-0.39, 0.29) is 0 Å². The molecule has 0 unspecified atom stereocenters. The van der Waals surface area contributed by atoms with Gasteiger partial charge in [-0.1, -0.05) is 5.57 Å². The highest BCUT2D eigenvalue weighted by Crippen LogP contribution is 1.81. The molecule has 0 rings (SSSR count). The molecule has 0 spiro atoms. The van der Waals surface area contributed by atoms with Crippen LogP contribution in [0.2, 0.25) is 0 Å². The molecule has 0 amide bonds. The van der Waals surface area contributed by atoms with Crippen molar-refractivity contribution in [3.8, 4) is 6.07 Å². The van der Waals surface area contributed by atoms with Crippen LogP contribution in [0.25, 0.3) is 0 Å². The zero-order valence-electron chi connectivity index (χ0n) is 3.73. The first kappa shape index (κ1) is 5.23. The molecule has 0 atom stereocenters. The lowest BCUT2D eigenvalue weighted by Crippen LogP contribution is -1.56. The van der Waals surface area contributed by atoms with Crippen LogP contribution in [-0.4, -0.2) is 0 Å². The van der Waals surface area contributed by atoms with Crippen LogP contribution in [0.1, 0.15) is 6.92 Å². The SMILES string of the molecule is [CH2]/C(C)=C/C#N. The van der Waals surface area contributed by atoms with Gasteiger partial charge in [0.05, 0.1) is 6.07 Å². The maximum Gasteiger partial charge on any atom is 0.0911 e. The van der Waals surface area contributed by atoms with Crippen LogP contribution in [0, 0.1) is 18.3 Å². The number of hydrogen-bond donors (Lipinski definition) is 0. The molecule has 0 bridgehead atoms. The second kappa shape index (κ2) is 2.47. The van der Waals surface area contributed by atoms with Crippen molar-refractivity contribution in [2.24, 2.45) is 0 Å². The van der Waals surface area contributed by atoms with Crippen molar-refractivity contribution < 1.29 is 0 Å². The van der Waals surface area contributed by atoms with Gasteiger partial charge in [0, 0.05) is 6.08 Å². The quantitative estimate of drug-likeness (QED) is 0.402. The van der Waals surface area contributed by atoms with Crippen molar-refractivity contribution in [3.63, 3.8) is 0 Å². The Bertz CT molecular complexity index is 91.0. The molecule has 0 aromatic heterocycles. The fourth-order valence-electron chi connectivity index (χ4n) is 0.110. The zero-order valence-corrected chi connectivity index (χ0v) is 3.73. The van der Waals surface area contributed by atoms with E-state index in [1.54, 1.807) is 6.92 Å². The van der Waals surface area contributed by atoms with Crippen LogP contribution in [-0.2, 0) is 0 Å². The van der Waals surface area contributed by atoms with Crippen LogP contribution in [0.3, 0.4) is 0 Å². The summed E-state index contributed by atoms with van der Waals surface area (Å²) >= 11 is 0. The van der Waals surface area contributed by atoms with Gasteiger partial charge in [-0.2, -0.15) is 5.26 Å². The molecule has 1 nitrogen and oxygen atoms in total. The standard InChI is InChI=1S/C5H6N/c1-5(2)3-4-6/h3H,1H2,2H3/b5-3-. The molecule has 0 N–H and O–H groups in total. The van der Waals surface area contributed by atoms with E-state index in [4.69, 9.17) is 5.26 Å². The molecule has 0 aliphatic rings. The summed E-state index contributed by atoms with van der Waals surface area (Å²) in [7, 11) is 0. The van der Waals surface area contributed by atoms with Gasteiger partial charge in [0.2, 0.25) is 0 Å². The summed E-state index contributed by atoms with van der Waals surface area (Å²) in [6.45, 7) is 5.25. The molecular weight excluding hydrogens is 74.1 g/mol. The molecule has 0 fully saturated rings. The molecule has 0 heterocycles. The highest BCUT2D eigenvalue weighted by molar-refractivity contribution is 5.12. The number of hydrogen-bond acceptors (Lipinski definition) is 1. The number of nitriles is 1. The van der Waals surface area contributed by atoms with Gasteiger partial charge in [-0.3, -0.25) is 0 Å². The van der Waals surface area contributed by atoms with Gasteiger partial charge >= 0.3 is 0 Å². The van der Waals surface area contributed by atoms with Gasteiger partial charge in [-0.15, -0.1) is 0 Å². The highest BCUT2D eigenvalue weighted by atomic mass is 14.2. The van der Waals surface area contributed by atoms with Crippen molar-refractivity contribution in [1.82, 2.24) is 0 Å². The molecule has 0 aliphatic carbocycles. The minimum Gasteiger partial charge on any atom is -0.193 e. The van der Waals surface area contributed by atoms with Gasteiger partial charge in [-0.25, -0.2) is 0 Å². The molecule has 0 aliphatic heterocycles. The smallest absolute Gasteiger partial charge is 0.0911 e. The minimum atomic E-state index is 0.803. The average Bonchev–Trinajstić information content (AvgIpc) is 1.35. The third kappa shape index (κ3) is 3.23.